The summed E-state index contributed by atoms with van der Waals surface area (Å²) in [6.45, 7) is 10.4. The van der Waals surface area contributed by atoms with Crippen LogP contribution in [0.25, 0.3) is 11.0 Å². The summed E-state index contributed by atoms with van der Waals surface area (Å²) in [6.07, 6.45) is 5.63. The van der Waals surface area contributed by atoms with Gasteiger partial charge in [-0.25, -0.2) is 4.98 Å². The van der Waals surface area contributed by atoms with Crippen molar-refractivity contribution in [2.45, 2.75) is 52.5 Å². The summed E-state index contributed by atoms with van der Waals surface area (Å²) in [5, 5.41) is 15.1. The Bertz CT molecular complexity index is 1390. The molecule has 5 rings (SSSR count). The first kappa shape index (κ1) is 24.2. The van der Waals surface area contributed by atoms with Gasteiger partial charge in [0.15, 0.2) is 0 Å². The van der Waals surface area contributed by atoms with E-state index in [4.69, 9.17) is 0 Å². The van der Waals surface area contributed by atoms with Crippen LogP contribution in [0.2, 0.25) is 0 Å². The summed E-state index contributed by atoms with van der Waals surface area (Å²) in [5.74, 6) is 1.36. The van der Waals surface area contributed by atoms with Crippen molar-refractivity contribution in [3.05, 3.63) is 71.6 Å². The van der Waals surface area contributed by atoms with Crippen LogP contribution in [0.5, 0.6) is 0 Å². The van der Waals surface area contributed by atoms with Crippen LogP contribution in [-0.4, -0.2) is 37.2 Å². The highest BCUT2D eigenvalue weighted by molar-refractivity contribution is 6.04. The second-order valence-electron chi connectivity index (χ2n) is 11.5. The van der Waals surface area contributed by atoms with Gasteiger partial charge in [-0.1, -0.05) is 39.8 Å². The molecular weight excluding hydrogens is 450 g/mol. The number of amides is 1. The molecule has 8 nitrogen and oxygen atoms in total. The monoisotopic (exact) mass is 485 g/mol. The molecule has 3 aromatic heterocycles. The van der Waals surface area contributed by atoms with E-state index in [1.807, 2.05) is 42.1 Å². The van der Waals surface area contributed by atoms with Gasteiger partial charge >= 0.3 is 0 Å². The van der Waals surface area contributed by atoms with Crippen LogP contribution in [0.1, 0.15) is 68.0 Å². The van der Waals surface area contributed by atoms with Gasteiger partial charge in [0.05, 0.1) is 16.4 Å². The number of fused-ring (bicyclic) bond motifs is 1. The summed E-state index contributed by atoms with van der Waals surface area (Å²) in [5.41, 5.74) is 5.07. The lowest BCUT2D eigenvalue weighted by Gasteiger charge is -2.46. The Morgan fingerprint density at radius 3 is 2.72 bits per heavy atom. The maximum Gasteiger partial charge on any atom is 0.274 e. The number of hydrogen-bond donors (Lipinski definition) is 3. The minimum Gasteiger partial charge on any atom is -0.360 e. The smallest absolute Gasteiger partial charge is 0.274 e. The molecule has 0 radical (unpaired) electrons. The lowest BCUT2D eigenvalue weighted by molar-refractivity contribution is 0.102. The Morgan fingerprint density at radius 1 is 1.22 bits per heavy atom. The highest BCUT2D eigenvalue weighted by atomic mass is 16.1. The van der Waals surface area contributed by atoms with E-state index < -0.39 is 0 Å². The highest BCUT2D eigenvalue weighted by Crippen LogP contribution is 2.51. The predicted octanol–water partition coefficient (Wildman–Crippen LogP) is 4.80. The van der Waals surface area contributed by atoms with Crippen molar-refractivity contribution in [1.82, 2.24) is 30.0 Å². The molecule has 8 heteroatoms. The van der Waals surface area contributed by atoms with Crippen molar-refractivity contribution >= 4 is 22.6 Å². The normalized spacial score (nSPS) is 19.9. The van der Waals surface area contributed by atoms with Gasteiger partial charge in [-0.2, -0.15) is 0 Å². The Hall–Kier alpha value is -3.52. The van der Waals surface area contributed by atoms with Crippen LogP contribution >= 0.6 is 0 Å². The number of nitrogens with zero attached hydrogens (tertiary/aromatic N) is 4. The van der Waals surface area contributed by atoms with Crippen LogP contribution in [0.4, 0.5) is 5.69 Å². The standard InChI is InChI=1S/C28H35N7O/c1-18-13-28(14-18,26-34-31-17-35(26)5)20-7-6-8-21(12-20)32-25(36)23-11-19(15-29-16-27(2,3)4)24-22(33-23)9-10-30-24/h6-12,17-18,29-30H,13-16H2,1-5H3,(H,32,36). The number of aryl methyl sites for hydroxylation is 1. The molecular formula is C28H35N7O. The van der Waals surface area contributed by atoms with E-state index >= 15 is 0 Å². The Labute approximate surface area is 211 Å². The number of rotatable bonds is 7. The number of H-pyrrole nitrogens is 1. The number of aromatic nitrogens is 5. The van der Waals surface area contributed by atoms with E-state index in [-0.39, 0.29) is 16.7 Å². The summed E-state index contributed by atoms with van der Waals surface area (Å²) < 4.78 is 2.00. The number of hydrogen-bond acceptors (Lipinski definition) is 5. The Kier molecular flexibility index (Phi) is 6.16. The quantitative estimate of drug-likeness (QED) is 0.349. The number of pyridine rings is 1. The van der Waals surface area contributed by atoms with Crippen molar-refractivity contribution in [3.63, 3.8) is 0 Å². The molecule has 4 aromatic rings. The van der Waals surface area contributed by atoms with Crippen molar-refractivity contribution in [1.29, 1.82) is 0 Å². The molecule has 36 heavy (non-hydrogen) atoms. The minimum atomic E-state index is -0.220. The fourth-order valence-electron chi connectivity index (χ4n) is 5.42. The molecule has 0 aliphatic heterocycles. The third-order valence-corrected chi connectivity index (χ3v) is 7.01. The zero-order valence-electron chi connectivity index (χ0n) is 21.7. The molecule has 3 N–H and O–H groups in total. The van der Waals surface area contributed by atoms with Crippen LogP contribution in [-0.2, 0) is 19.0 Å². The van der Waals surface area contributed by atoms with Gasteiger partial charge in [0, 0.05) is 32.0 Å². The minimum absolute atomic E-state index is 0.174. The van der Waals surface area contributed by atoms with Gasteiger partial charge in [0.1, 0.15) is 17.8 Å². The highest BCUT2D eigenvalue weighted by Gasteiger charge is 2.48. The molecule has 1 aliphatic rings. The first-order chi connectivity index (χ1) is 17.1. The van der Waals surface area contributed by atoms with Crippen molar-refractivity contribution in [2.75, 3.05) is 11.9 Å². The molecule has 188 valence electrons. The van der Waals surface area contributed by atoms with E-state index in [9.17, 15) is 4.79 Å². The third kappa shape index (κ3) is 4.65. The van der Waals surface area contributed by atoms with Gasteiger partial charge in [-0.3, -0.25) is 4.79 Å². The molecule has 0 atom stereocenters. The van der Waals surface area contributed by atoms with Crippen LogP contribution in [0.3, 0.4) is 0 Å². The number of benzene rings is 1. The summed E-state index contributed by atoms with van der Waals surface area (Å²) in [7, 11) is 1.99. The zero-order valence-corrected chi connectivity index (χ0v) is 21.7. The van der Waals surface area contributed by atoms with Crippen LogP contribution in [0, 0.1) is 11.3 Å². The average molecular weight is 486 g/mol. The molecule has 0 unspecified atom stereocenters. The largest absolute Gasteiger partial charge is 0.360 e. The zero-order chi connectivity index (χ0) is 25.5. The number of anilines is 1. The van der Waals surface area contributed by atoms with E-state index in [2.05, 4.69) is 70.6 Å². The Morgan fingerprint density at radius 2 is 2.03 bits per heavy atom. The number of nitrogens with one attached hydrogen (secondary N) is 3. The molecule has 1 fully saturated rings. The molecule has 3 heterocycles. The van der Waals surface area contributed by atoms with E-state index in [0.717, 1.165) is 53.1 Å². The van der Waals surface area contributed by atoms with E-state index in [1.54, 1.807) is 6.33 Å². The van der Waals surface area contributed by atoms with Gasteiger partial charge < -0.3 is 20.2 Å². The second-order valence-corrected chi connectivity index (χ2v) is 11.5. The molecule has 0 saturated heterocycles. The SMILES string of the molecule is CC1CC(c2cccc(NC(=O)c3cc(CNCC(C)(C)C)c4[nH]ccc4n3)c2)(c2nncn2C)C1. The summed E-state index contributed by atoms with van der Waals surface area (Å²) in [6, 6.07) is 11.9. The van der Waals surface area contributed by atoms with E-state index in [0.29, 0.717) is 18.2 Å². The third-order valence-electron chi connectivity index (χ3n) is 7.01. The Balaban J connectivity index is 1.39. The molecule has 1 saturated carbocycles. The van der Waals surface area contributed by atoms with Crippen molar-refractivity contribution < 1.29 is 4.79 Å². The summed E-state index contributed by atoms with van der Waals surface area (Å²) in [4.78, 5) is 21.2. The fraction of sp³-hybridized carbons (Fsp3) is 0.429. The van der Waals surface area contributed by atoms with Crippen LogP contribution < -0.4 is 10.6 Å². The molecule has 1 aliphatic carbocycles. The number of aromatic amines is 1. The van der Waals surface area contributed by atoms with Gasteiger partial charge in [0.2, 0.25) is 0 Å². The van der Waals surface area contributed by atoms with Gasteiger partial charge in [-0.15, -0.1) is 10.2 Å². The van der Waals surface area contributed by atoms with Crippen LogP contribution in [0.15, 0.2) is 48.9 Å². The van der Waals surface area contributed by atoms with Gasteiger partial charge in [-0.05, 0) is 59.6 Å². The maximum absolute atomic E-state index is 13.3. The second kappa shape index (κ2) is 9.17. The first-order valence-electron chi connectivity index (χ1n) is 12.6. The average Bonchev–Trinajstić information content (AvgIpc) is 3.45. The number of carbonyl (C=O) groups excluding carboxylic acids is 1. The van der Waals surface area contributed by atoms with Gasteiger partial charge in [0.25, 0.3) is 5.91 Å². The lowest BCUT2D eigenvalue weighted by Crippen LogP contribution is -2.43. The lowest BCUT2D eigenvalue weighted by atomic mass is 9.58. The molecule has 0 bridgehead atoms. The van der Waals surface area contributed by atoms with Crippen molar-refractivity contribution in [3.8, 4) is 0 Å². The fourth-order valence-corrected chi connectivity index (χ4v) is 5.42. The molecule has 1 amide bonds. The summed E-state index contributed by atoms with van der Waals surface area (Å²) >= 11 is 0. The topological polar surface area (TPSA) is 101 Å². The van der Waals surface area contributed by atoms with E-state index in [1.165, 1.54) is 0 Å². The molecule has 1 aromatic carbocycles. The maximum atomic E-state index is 13.3. The molecule has 0 spiro atoms. The predicted molar refractivity (Wildman–Crippen MR) is 142 cm³/mol. The number of carbonyl (C=O) groups is 1. The first-order valence-corrected chi connectivity index (χ1v) is 12.6. The van der Waals surface area contributed by atoms with Crippen molar-refractivity contribution in [2.24, 2.45) is 18.4 Å².